The normalized spacial score (nSPS) is 16.3. The van der Waals surface area contributed by atoms with Crippen molar-refractivity contribution in [2.24, 2.45) is 4.99 Å². The molecule has 1 fully saturated rings. The Morgan fingerprint density at radius 2 is 2.07 bits per heavy atom. The fourth-order valence-corrected chi connectivity index (χ4v) is 3.92. The molecule has 3 N–H and O–H groups in total. The van der Waals surface area contributed by atoms with Gasteiger partial charge in [0.15, 0.2) is 5.96 Å². The summed E-state index contributed by atoms with van der Waals surface area (Å²) in [5.74, 6) is 0.982. The third-order valence-electron chi connectivity index (χ3n) is 4.67. The maximum atomic E-state index is 11.8. The number of rotatable bonds is 9. The Morgan fingerprint density at radius 3 is 2.70 bits per heavy atom. The van der Waals surface area contributed by atoms with Crippen LogP contribution in [0.3, 0.4) is 0 Å². The van der Waals surface area contributed by atoms with Crippen LogP contribution in [0.4, 0.5) is 0 Å². The summed E-state index contributed by atoms with van der Waals surface area (Å²) in [6, 6.07) is 0.401. The Kier molecular flexibility index (Phi) is 9.55. The van der Waals surface area contributed by atoms with E-state index in [1.165, 1.54) is 9.88 Å². The highest BCUT2D eigenvalue weighted by molar-refractivity contribution is 7.11. The predicted molar refractivity (Wildman–Crippen MR) is 112 cm³/mol. The van der Waals surface area contributed by atoms with Crippen molar-refractivity contribution in [3.8, 4) is 0 Å². The first kappa shape index (κ1) is 21.6. The van der Waals surface area contributed by atoms with Gasteiger partial charge in [0.1, 0.15) is 0 Å². The lowest BCUT2D eigenvalue weighted by atomic mass is 10.1. The lowest BCUT2D eigenvalue weighted by Gasteiger charge is -2.32. The van der Waals surface area contributed by atoms with Gasteiger partial charge in [-0.05, 0) is 25.7 Å². The van der Waals surface area contributed by atoms with Crippen molar-refractivity contribution in [3.63, 3.8) is 0 Å². The van der Waals surface area contributed by atoms with Gasteiger partial charge in [-0.1, -0.05) is 13.8 Å². The van der Waals surface area contributed by atoms with E-state index in [4.69, 9.17) is 0 Å². The smallest absolute Gasteiger partial charge is 0.234 e. The molecule has 27 heavy (non-hydrogen) atoms. The van der Waals surface area contributed by atoms with Crippen LogP contribution in [0.15, 0.2) is 11.2 Å². The predicted octanol–water partition coefficient (Wildman–Crippen LogP) is 1.40. The van der Waals surface area contributed by atoms with E-state index >= 15 is 0 Å². The number of guanidine groups is 1. The SMILES string of the molecule is CCCNC(=O)CN1CCC(NC(=NC)NCCc2ncc(CC)s2)CC1. The highest BCUT2D eigenvalue weighted by atomic mass is 32.1. The van der Waals surface area contributed by atoms with Crippen LogP contribution in [0.25, 0.3) is 0 Å². The monoisotopic (exact) mass is 394 g/mol. The summed E-state index contributed by atoms with van der Waals surface area (Å²) in [6.45, 7) is 8.20. The second-order valence-electron chi connectivity index (χ2n) is 6.87. The van der Waals surface area contributed by atoms with E-state index in [1.54, 1.807) is 18.4 Å². The number of likely N-dealkylation sites (tertiary alicyclic amines) is 1. The summed E-state index contributed by atoms with van der Waals surface area (Å²) in [6.07, 6.45) is 6.96. The molecule has 1 aliphatic heterocycles. The van der Waals surface area contributed by atoms with Gasteiger partial charge in [0.05, 0.1) is 11.6 Å². The maximum Gasteiger partial charge on any atom is 0.234 e. The number of amides is 1. The second-order valence-corrected chi connectivity index (χ2v) is 8.07. The minimum atomic E-state index is 0.133. The van der Waals surface area contributed by atoms with Crippen molar-refractivity contribution < 1.29 is 4.79 Å². The third-order valence-corrected chi connectivity index (χ3v) is 5.87. The molecule has 0 unspecified atom stereocenters. The fourth-order valence-electron chi connectivity index (χ4n) is 3.06. The molecule has 0 spiro atoms. The average molecular weight is 395 g/mol. The zero-order chi connectivity index (χ0) is 19.5. The van der Waals surface area contributed by atoms with Crippen LogP contribution in [0.5, 0.6) is 0 Å². The summed E-state index contributed by atoms with van der Waals surface area (Å²) in [7, 11) is 1.81. The third kappa shape index (κ3) is 7.84. The fraction of sp³-hybridized carbons (Fsp3) is 0.737. The van der Waals surface area contributed by atoms with Crippen molar-refractivity contribution in [1.82, 2.24) is 25.8 Å². The van der Waals surface area contributed by atoms with Gasteiger partial charge in [-0.15, -0.1) is 11.3 Å². The van der Waals surface area contributed by atoms with Crippen molar-refractivity contribution >= 4 is 23.2 Å². The molecule has 1 aromatic heterocycles. The number of piperidine rings is 1. The van der Waals surface area contributed by atoms with Gasteiger partial charge >= 0.3 is 0 Å². The van der Waals surface area contributed by atoms with Crippen LogP contribution in [-0.4, -0.2) is 67.6 Å². The summed E-state index contributed by atoms with van der Waals surface area (Å²) in [5.41, 5.74) is 0. The van der Waals surface area contributed by atoms with Gasteiger partial charge in [-0.3, -0.25) is 14.7 Å². The number of hydrogen-bond donors (Lipinski definition) is 3. The standard InChI is InChI=1S/C19H34N6OS/c1-4-9-21-17(26)14-25-11-7-15(8-12-25)24-19(20-3)22-10-6-18-23-13-16(5-2)27-18/h13,15H,4-12,14H2,1-3H3,(H,21,26)(H2,20,22,24). The quantitative estimate of drug-likeness (QED) is 0.436. The van der Waals surface area contributed by atoms with E-state index in [0.29, 0.717) is 12.6 Å². The number of aliphatic imine (C=N–C) groups is 1. The molecular formula is C19H34N6OS. The van der Waals surface area contributed by atoms with Gasteiger partial charge in [0.25, 0.3) is 0 Å². The molecule has 152 valence electrons. The molecule has 0 atom stereocenters. The van der Waals surface area contributed by atoms with Gasteiger partial charge < -0.3 is 16.0 Å². The summed E-state index contributed by atoms with van der Waals surface area (Å²) in [4.78, 5) is 24.2. The number of aromatic nitrogens is 1. The van der Waals surface area contributed by atoms with E-state index in [2.05, 4.69) is 44.7 Å². The first-order valence-electron chi connectivity index (χ1n) is 10.0. The van der Waals surface area contributed by atoms with Crippen LogP contribution in [-0.2, 0) is 17.6 Å². The molecule has 1 amide bonds. The molecule has 1 aliphatic rings. The summed E-state index contributed by atoms with van der Waals surface area (Å²) >= 11 is 1.79. The number of nitrogens with zero attached hydrogens (tertiary/aromatic N) is 3. The summed E-state index contributed by atoms with van der Waals surface area (Å²) in [5, 5.41) is 11.0. The molecule has 0 aliphatic carbocycles. The number of carbonyl (C=O) groups excluding carboxylic acids is 1. The minimum Gasteiger partial charge on any atom is -0.356 e. The molecule has 0 bridgehead atoms. The lowest BCUT2D eigenvalue weighted by Crippen LogP contribution is -2.50. The molecule has 1 aromatic rings. The first-order valence-corrected chi connectivity index (χ1v) is 10.9. The van der Waals surface area contributed by atoms with Crippen molar-refractivity contribution in [3.05, 3.63) is 16.1 Å². The molecule has 2 rings (SSSR count). The molecular weight excluding hydrogens is 360 g/mol. The van der Waals surface area contributed by atoms with Crippen LogP contribution in [0, 0.1) is 0 Å². The van der Waals surface area contributed by atoms with E-state index < -0.39 is 0 Å². The van der Waals surface area contributed by atoms with Crippen LogP contribution in [0.2, 0.25) is 0 Å². The van der Waals surface area contributed by atoms with Gasteiger partial charge in [0.2, 0.25) is 5.91 Å². The Bertz CT molecular complexity index is 595. The van der Waals surface area contributed by atoms with Crippen molar-refractivity contribution in [2.75, 3.05) is 39.8 Å². The highest BCUT2D eigenvalue weighted by Crippen LogP contribution is 2.13. The van der Waals surface area contributed by atoms with Crippen molar-refractivity contribution in [1.29, 1.82) is 0 Å². The topological polar surface area (TPSA) is 81.7 Å². The number of thiazole rings is 1. The van der Waals surface area contributed by atoms with Crippen molar-refractivity contribution in [2.45, 2.75) is 52.0 Å². The Hall–Kier alpha value is -1.67. The average Bonchev–Trinajstić information content (AvgIpc) is 3.15. The van der Waals surface area contributed by atoms with Crippen LogP contribution < -0.4 is 16.0 Å². The number of nitrogens with one attached hydrogen (secondary N) is 3. The Labute approximate surface area is 167 Å². The molecule has 0 aromatic carbocycles. The first-order chi connectivity index (χ1) is 13.1. The van der Waals surface area contributed by atoms with Gasteiger partial charge in [0, 0.05) is 56.8 Å². The molecule has 7 nitrogen and oxygen atoms in total. The second kappa shape index (κ2) is 11.9. The van der Waals surface area contributed by atoms with E-state index in [1.807, 2.05) is 6.20 Å². The molecule has 0 saturated carbocycles. The van der Waals surface area contributed by atoms with E-state index in [0.717, 1.165) is 64.2 Å². The van der Waals surface area contributed by atoms with Gasteiger partial charge in [-0.2, -0.15) is 0 Å². The number of aryl methyl sites for hydroxylation is 1. The lowest BCUT2D eigenvalue weighted by molar-refractivity contribution is -0.122. The Morgan fingerprint density at radius 1 is 1.30 bits per heavy atom. The zero-order valence-electron chi connectivity index (χ0n) is 16.9. The maximum absolute atomic E-state index is 11.8. The molecule has 1 saturated heterocycles. The Balaban J connectivity index is 1.64. The minimum absolute atomic E-state index is 0.133. The molecule has 2 heterocycles. The molecule has 0 radical (unpaired) electrons. The largest absolute Gasteiger partial charge is 0.356 e. The van der Waals surface area contributed by atoms with Gasteiger partial charge in [-0.25, -0.2) is 4.98 Å². The van der Waals surface area contributed by atoms with E-state index in [-0.39, 0.29) is 5.91 Å². The summed E-state index contributed by atoms with van der Waals surface area (Å²) < 4.78 is 0. The number of carbonyl (C=O) groups is 1. The van der Waals surface area contributed by atoms with E-state index in [9.17, 15) is 4.79 Å². The molecule has 8 heteroatoms. The van der Waals surface area contributed by atoms with Crippen LogP contribution in [0.1, 0.15) is 43.0 Å². The van der Waals surface area contributed by atoms with Crippen LogP contribution >= 0.6 is 11.3 Å². The zero-order valence-corrected chi connectivity index (χ0v) is 17.7. The number of hydrogen-bond acceptors (Lipinski definition) is 5. The highest BCUT2D eigenvalue weighted by Gasteiger charge is 2.21.